The second-order valence-electron chi connectivity index (χ2n) is 5.68. The number of nitrogens with zero attached hydrogens (tertiary/aromatic N) is 1. The summed E-state index contributed by atoms with van der Waals surface area (Å²) in [6, 6.07) is 5.45. The van der Waals surface area contributed by atoms with Crippen LogP contribution in [-0.2, 0) is 11.3 Å². The molecule has 0 unspecified atom stereocenters. The van der Waals surface area contributed by atoms with Crippen molar-refractivity contribution in [2.24, 2.45) is 0 Å². The minimum atomic E-state index is -0.300. The third kappa shape index (κ3) is 3.49. The quantitative estimate of drug-likeness (QED) is 0.875. The molecule has 2 aliphatic rings. The Labute approximate surface area is 123 Å². The molecule has 1 aromatic rings. The lowest BCUT2D eigenvalue weighted by Gasteiger charge is -2.22. The van der Waals surface area contributed by atoms with Crippen molar-refractivity contribution in [3.05, 3.63) is 34.6 Å². The Morgan fingerprint density at radius 2 is 2.10 bits per heavy atom. The van der Waals surface area contributed by atoms with Gasteiger partial charge in [-0.2, -0.15) is 0 Å². The lowest BCUT2D eigenvalue weighted by molar-refractivity contribution is -0.122. The van der Waals surface area contributed by atoms with Crippen LogP contribution < -0.4 is 5.32 Å². The number of amides is 1. The zero-order valence-electron chi connectivity index (χ0n) is 11.2. The summed E-state index contributed by atoms with van der Waals surface area (Å²) in [5.74, 6) is -0.266. The Hall–Kier alpha value is -1.13. The highest BCUT2D eigenvalue weighted by Crippen LogP contribution is 2.30. The van der Waals surface area contributed by atoms with E-state index in [1.165, 1.54) is 6.07 Å². The molecule has 1 amide bonds. The van der Waals surface area contributed by atoms with Gasteiger partial charge in [-0.15, -0.1) is 0 Å². The van der Waals surface area contributed by atoms with E-state index in [1.54, 1.807) is 12.1 Å². The molecule has 0 radical (unpaired) electrons. The normalized spacial score (nSPS) is 18.4. The van der Waals surface area contributed by atoms with Crippen LogP contribution in [0.25, 0.3) is 0 Å². The molecule has 1 N–H and O–H groups in total. The van der Waals surface area contributed by atoms with Gasteiger partial charge in [0.15, 0.2) is 0 Å². The molecule has 5 heteroatoms. The van der Waals surface area contributed by atoms with Crippen molar-refractivity contribution in [2.45, 2.75) is 44.3 Å². The number of halogens is 2. The summed E-state index contributed by atoms with van der Waals surface area (Å²) in [6.45, 7) is 0.722. The van der Waals surface area contributed by atoms with Gasteiger partial charge < -0.3 is 5.32 Å². The maximum absolute atomic E-state index is 13.8. The van der Waals surface area contributed by atoms with E-state index in [0.29, 0.717) is 35.8 Å². The topological polar surface area (TPSA) is 32.3 Å². The lowest BCUT2D eigenvalue weighted by Crippen LogP contribution is -2.39. The second kappa shape index (κ2) is 5.70. The number of benzene rings is 1. The first kappa shape index (κ1) is 13.8. The fourth-order valence-corrected chi connectivity index (χ4v) is 2.55. The molecule has 2 aliphatic carbocycles. The molecule has 3 nitrogen and oxygen atoms in total. The van der Waals surface area contributed by atoms with E-state index in [1.807, 2.05) is 4.90 Å². The summed E-state index contributed by atoms with van der Waals surface area (Å²) in [5, 5.41) is 3.40. The maximum Gasteiger partial charge on any atom is 0.234 e. The van der Waals surface area contributed by atoms with E-state index >= 15 is 0 Å². The van der Waals surface area contributed by atoms with E-state index in [4.69, 9.17) is 11.6 Å². The molecule has 0 bridgehead atoms. The third-order valence-electron chi connectivity index (χ3n) is 3.78. The first-order valence-corrected chi connectivity index (χ1v) is 7.47. The largest absolute Gasteiger partial charge is 0.352 e. The minimum Gasteiger partial charge on any atom is -0.352 e. The van der Waals surface area contributed by atoms with Crippen LogP contribution in [0.3, 0.4) is 0 Å². The van der Waals surface area contributed by atoms with Crippen LogP contribution >= 0.6 is 11.6 Å². The van der Waals surface area contributed by atoms with Gasteiger partial charge in [0.05, 0.1) is 6.54 Å². The standard InChI is InChI=1S/C15H18ClFN2O/c16-13-2-1-3-14(17)12(13)8-19(11-6-7-11)9-15(20)18-10-4-5-10/h1-3,10-11H,4-9H2,(H,18,20). The summed E-state index contributed by atoms with van der Waals surface area (Å²) >= 11 is 6.06. The molecule has 0 spiro atoms. The second-order valence-corrected chi connectivity index (χ2v) is 6.09. The first-order valence-electron chi connectivity index (χ1n) is 7.10. The fraction of sp³-hybridized carbons (Fsp3) is 0.533. The van der Waals surface area contributed by atoms with Crippen LogP contribution in [0.15, 0.2) is 18.2 Å². The van der Waals surface area contributed by atoms with E-state index in [-0.39, 0.29) is 11.7 Å². The molecule has 108 valence electrons. The van der Waals surface area contributed by atoms with Crippen molar-refractivity contribution in [2.75, 3.05) is 6.54 Å². The number of hydrogen-bond donors (Lipinski definition) is 1. The van der Waals surface area contributed by atoms with Crippen molar-refractivity contribution in [3.63, 3.8) is 0 Å². The molecule has 2 fully saturated rings. The highest BCUT2D eigenvalue weighted by Gasteiger charge is 2.32. The van der Waals surface area contributed by atoms with Crippen LogP contribution in [0.1, 0.15) is 31.2 Å². The predicted molar refractivity (Wildman–Crippen MR) is 76.0 cm³/mol. The van der Waals surface area contributed by atoms with Crippen LogP contribution in [0.2, 0.25) is 5.02 Å². The Bertz CT molecular complexity index is 494. The monoisotopic (exact) mass is 296 g/mol. The van der Waals surface area contributed by atoms with Gasteiger partial charge in [-0.3, -0.25) is 9.69 Å². The number of carbonyl (C=O) groups excluding carboxylic acids is 1. The summed E-state index contributed by atoms with van der Waals surface area (Å²) in [4.78, 5) is 13.9. The van der Waals surface area contributed by atoms with Crippen molar-refractivity contribution in [1.29, 1.82) is 0 Å². The Morgan fingerprint density at radius 1 is 1.35 bits per heavy atom. The molecule has 0 aliphatic heterocycles. The van der Waals surface area contributed by atoms with Gasteiger partial charge in [0, 0.05) is 29.2 Å². The predicted octanol–water partition coefficient (Wildman–Crippen LogP) is 2.72. The van der Waals surface area contributed by atoms with E-state index in [0.717, 1.165) is 25.7 Å². The van der Waals surface area contributed by atoms with Crippen LogP contribution in [-0.4, -0.2) is 29.4 Å². The van der Waals surface area contributed by atoms with Gasteiger partial charge >= 0.3 is 0 Å². The summed E-state index contributed by atoms with van der Waals surface area (Å²) in [7, 11) is 0. The molecule has 2 saturated carbocycles. The van der Waals surface area contributed by atoms with Gasteiger partial charge in [-0.25, -0.2) is 4.39 Å². The highest BCUT2D eigenvalue weighted by molar-refractivity contribution is 6.31. The molecule has 0 atom stereocenters. The van der Waals surface area contributed by atoms with Crippen LogP contribution in [0, 0.1) is 5.82 Å². The summed E-state index contributed by atoms with van der Waals surface area (Å²) < 4.78 is 13.8. The van der Waals surface area contributed by atoms with E-state index in [9.17, 15) is 9.18 Å². The zero-order valence-corrected chi connectivity index (χ0v) is 12.0. The first-order chi connectivity index (χ1) is 9.63. The molecule has 0 aromatic heterocycles. The molecular weight excluding hydrogens is 279 g/mol. The molecule has 0 heterocycles. The average Bonchev–Trinajstić information content (AvgIpc) is 3.24. The van der Waals surface area contributed by atoms with Crippen molar-refractivity contribution in [3.8, 4) is 0 Å². The number of rotatable bonds is 6. The SMILES string of the molecule is O=C(CN(Cc1c(F)cccc1Cl)C1CC1)NC1CC1. The number of carbonyl (C=O) groups is 1. The highest BCUT2D eigenvalue weighted by atomic mass is 35.5. The van der Waals surface area contributed by atoms with Gasteiger partial charge in [-0.05, 0) is 37.8 Å². The van der Waals surface area contributed by atoms with Gasteiger partial charge in [0.25, 0.3) is 0 Å². The fourth-order valence-electron chi connectivity index (χ4n) is 2.33. The molecule has 20 heavy (non-hydrogen) atoms. The van der Waals surface area contributed by atoms with Gasteiger partial charge in [-0.1, -0.05) is 17.7 Å². The van der Waals surface area contributed by atoms with Gasteiger partial charge in [0.2, 0.25) is 5.91 Å². The van der Waals surface area contributed by atoms with Crippen LogP contribution in [0.5, 0.6) is 0 Å². The number of nitrogens with one attached hydrogen (secondary N) is 1. The molecule has 0 saturated heterocycles. The Kier molecular flexibility index (Phi) is 3.94. The zero-order chi connectivity index (χ0) is 14.1. The third-order valence-corrected chi connectivity index (χ3v) is 4.13. The van der Waals surface area contributed by atoms with Crippen molar-refractivity contribution < 1.29 is 9.18 Å². The smallest absolute Gasteiger partial charge is 0.234 e. The van der Waals surface area contributed by atoms with E-state index in [2.05, 4.69) is 5.32 Å². The summed E-state index contributed by atoms with van der Waals surface area (Å²) in [6.07, 6.45) is 4.30. The van der Waals surface area contributed by atoms with E-state index < -0.39 is 0 Å². The van der Waals surface area contributed by atoms with Crippen molar-refractivity contribution in [1.82, 2.24) is 10.2 Å². The lowest BCUT2D eigenvalue weighted by atomic mass is 10.2. The maximum atomic E-state index is 13.8. The summed E-state index contributed by atoms with van der Waals surface area (Å²) in [5.41, 5.74) is 0.486. The van der Waals surface area contributed by atoms with Gasteiger partial charge in [0.1, 0.15) is 5.82 Å². The average molecular weight is 297 g/mol. The minimum absolute atomic E-state index is 0.0341. The molecule has 1 aromatic carbocycles. The number of hydrogen-bond acceptors (Lipinski definition) is 2. The Balaban J connectivity index is 1.66. The Morgan fingerprint density at radius 3 is 2.70 bits per heavy atom. The van der Waals surface area contributed by atoms with Crippen LogP contribution in [0.4, 0.5) is 4.39 Å². The molecular formula is C15H18ClFN2O. The molecule has 3 rings (SSSR count). The van der Waals surface area contributed by atoms with Crippen molar-refractivity contribution >= 4 is 17.5 Å².